The molecule has 4 rings (SSSR count). The Kier molecular flexibility index (Phi) is 5.70. The normalized spacial score (nSPS) is 11.6. The van der Waals surface area contributed by atoms with Gasteiger partial charge in [0.15, 0.2) is 0 Å². The highest BCUT2D eigenvalue weighted by Crippen LogP contribution is 2.28. The molecule has 1 aromatic heterocycles. The van der Waals surface area contributed by atoms with E-state index in [9.17, 15) is 8.42 Å². The predicted octanol–water partition coefficient (Wildman–Crippen LogP) is 5.57. The van der Waals surface area contributed by atoms with Gasteiger partial charge < -0.3 is 4.18 Å². The molecule has 0 saturated heterocycles. The minimum Gasteiger partial charge on any atom is -0.358 e. The van der Waals surface area contributed by atoms with Crippen molar-refractivity contribution >= 4 is 27.8 Å². The predicted molar refractivity (Wildman–Crippen MR) is 119 cm³/mol. The first-order chi connectivity index (χ1) is 14.5. The zero-order valence-corrected chi connectivity index (χ0v) is 17.3. The molecular weight excluding hydrogens is 420 g/mol. The molecule has 30 heavy (non-hydrogen) atoms. The van der Waals surface area contributed by atoms with Gasteiger partial charge >= 0.3 is 10.1 Å². The lowest BCUT2D eigenvalue weighted by Crippen LogP contribution is -2.09. The van der Waals surface area contributed by atoms with Crippen LogP contribution < -0.4 is 4.18 Å². The quantitative estimate of drug-likeness (QED) is 0.370. The second-order valence-corrected chi connectivity index (χ2v) is 8.27. The standard InChI is InChI=1S/C23H17ClN2O3S/c24-20-11-13-21(14-12-20)26-23(17-22(25-26)19-9-5-2-6-10-19)29-30(27,28)16-15-18-7-3-1-4-8-18/h1-17H/b16-15+. The molecule has 0 unspecified atom stereocenters. The van der Waals surface area contributed by atoms with Crippen molar-refractivity contribution in [1.29, 1.82) is 0 Å². The summed E-state index contributed by atoms with van der Waals surface area (Å²) in [6, 6.07) is 27.1. The van der Waals surface area contributed by atoms with Gasteiger partial charge in [0.2, 0.25) is 5.88 Å². The molecule has 0 N–H and O–H groups in total. The molecular formula is C23H17ClN2O3S. The van der Waals surface area contributed by atoms with Crippen LogP contribution >= 0.6 is 11.6 Å². The first kappa shape index (κ1) is 19.9. The van der Waals surface area contributed by atoms with Crippen molar-refractivity contribution in [2.24, 2.45) is 0 Å². The summed E-state index contributed by atoms with van der Waals surface area (Å²) in [4.78, 5) is 0. The van der Waals surface area contributed by atoms with E-state index >= 15 is 0 Å². The number of nitrogens with zero attached hydrogens (tertiary/aromatic N) is 2. The van der Waals surface area contributed by atoms with E-state index in [1.54, 1.807) is 42.5 Å². The molecule has 0 aliphatic rings. The molecule has 0 aliphatic carbocycles. The maximum Gasteiger partial charge on any atom is 0.333 e. The fourth-order valence-corrected chi connectivity index (χ4v) is 3.68. The van der Waals surface area contributed by atoms with Gasteiger partial charge in [0.1, 0.15) is 0 Å². The SMILES string of the molecule is O=S(=O)(/C=C/c1ccccc1)Oc1cc(-c2ccccc2)nn1-c1ccc(Cl)cc1. The molecule has 1 heterocycles. The number of hydrogen-bond acceptors (Lipinski definition) is 4. The van der Waals surface area contributed by atoms with E-state index in [-0.39, 0.29) is 5.88 Å². The average Bonchev–Trinajstić information content (AvgIpc) is 3.17. The third kappa shape index (κ3) is 4.79. The number of rotatable bonds is 6. The lowest BCUT2D eigenvalue weighted by molar-refractivity contribution is 0.474. The Morgan fingerprint density at radius 3 is 2.17 bits per heavy atom. The summed E-state index contributed by atoms with van der Waals surface area (Å²) in [5.41, 5.74) is 2.80. The van der Waals surface area contributed by atoms with Gasteiger partial charge in [0, 0.05) is 16.7 Å². The van der Waals surface area contributed by atoms with Crippen LogP contribution in [0.2, 0.25) is 5.02 Å². The smallest absolute Gasteiger partial charge is 0.333 e. The van der Waals surface area contributed by atoms with E-state index in [4.69, 9.17) is 15.8 Å². The third-order valence-electron chi connectivity index (χ3n) is 4.25. The third-order valence-corrected chi connectivity index (χ3v) is 5.37. The summed E-state index contributed by atoms with van der Waals surface area (Å²) in [5.74, 6) is 0.0777. The van der Waals surface area contributed by atoms with Crippen LogP contribution in [0.3, 0.4) is 0 Å². The first-order valence-corrected chi connectivity index (χ1v) is 10.9. The minimum absolute atomic E-state index is 0.0777. The van der Waals surface area contributed by atoms with Crippen LogP contribution in [0.15, 0.2) is 96.4 Å². The van der Waals surface area contributed by atoms with E-state index < -0.39 is 10.1 Å². The number of aromatic nitrogens is 2. The Hall–Kier alpha value is -3.35. The highest BCUT2D eigenvalue weighted by Gasteiger charge is 2.18. The van der Waals surface area contributed by atoms with Crippen molar-refractivity contribution in [3.63, 3.8) is 0 Å². The zero-order valence-electron chi connectivity index (χ0n) is 15.7. The van der Waals surface area contributed by atoms with Gasteiger partial charge in [0.05, 0.1) is 16.8 Å². The molecule has 0 spiro atoms. The van der Waals surface area contributed by atoms with Crippen LogP contribution in [0.4, 0.5) is 0 Å². The van der Waals surface area contributed by atoms with Crippen LogP contribution in [-0.4, -0.2) is 18.2 Å². The highest BCUT2D eigenvalue weighted by atomic mass is 35.5. The monoisotopic (exact) mass is 436 g/mol. The van der Waals surface area contributed by atoms with Crippen molar-refractivity contribution in [2.75, 3.05) is 0 Å². The molecule has 4 aromatic rings. The Morgan fingerprint density at radius 2 is 1.50 bits per heavy atom. The summed E-state index contributed by atoms with van der Waals surface area (Å²) in [6.07, 6.45) is 1.48. The van der Waals surface area contributed by atoms with Crippen molar-refractivity contribution < 1.29 is 12.6 Å². The summed E-state index contributed by atoms with van der Waals surface area (Å²) in [7, 11) is -4.01. The lowest BCUT2D eigenvalue weighted by Gasteiger charge is -2.07. The number of halogens is 1. The maximum atomic E-state index is 12.6. The maximum absolute atomic E-state index is 12.6. The second-order valence-electron chi connectivity index (χ2n) is 6.41. The summed E-state index contributed by atoms with van der Waals surface area (Å²) in [6.45, 7) is 0. The van der Waals surface area contributed by atoms with Gasteiger partial charge in [-0.15, -0.1) is 0 Å². The summed E-state index contributed by atoms with van der Waals surface area (Å²) < 4.78 is 32.0. The largest absolute Gasteiger partial charge is 0.358 e. The Balaban J connectivity index is 1.71. The Bertz CT molecular complexity index is 1270. The van der Waals surface area contributed by atoms with Crippen molar-refractivity contribution in [3.8, 4) is 22.8 Å². The first-order valence-electron chi connectivity index (χ1n) is 9.09. The summed E-state index contributed by atoms with van der Waals surface area (Å²) >= 11 is 5.98. The van der Waals surface area contributed by atoms with Crippen LogP contribution in [0, 0.1) is 0 Å². The van der Waals surface area contributed by atoms with Gasteiger partial charge in [0.25, 0.3) is 0 Å². The van der Waals surface area contributed by atoms with Gasteiger partial charge in [-0.25, -0.2) is 0 Å². The molecule has 5 nitrogen and oxygen atoms in total. The second kappa shape index (κ2) is 8.57. The molecule has 0 amide bonds. The van der Waals surface area contributed by atoms with Gasteiger partial charge in [-0.05, 0) is 35.9 Å². The molecule has 150 valence electrons. The number of hydrogen-bond donors (Lipinski definition) is 0. The van der Waals surface area contributed by atoms with E-state index in [0.29, 0.717) is 16.4 Å². The fourth-order valence-electron chi connectivity index (χ4n) is 2.81. The topological polar surface area (TPSA) is 61.2 Å². The van der Waals surface area contributed by atoms with E-state index in [0.717, 1.165) is 16.5 Å². The average molecular weight is 437 g/mol. The van der Waals surface area contributed by atoms with Crippen LogP contribution in [-0.2, 0) is 10.1 Å². The Morgan fingerprint density at radius 1 is 0.867 bits per heavy atom. The van der Waals surface area contributed by atoms with Crippen LogP contribution in [0.5, 0.6) is 5.88 Å². The molecule has 3 aromatic carbocycles. The zero-order chi connectivity index (χ0) is 21.0. The lowest BCUT2D eigenvalue weighted by atomic mass is 10.2. The van der Waals surface area contributed by atoms with Gasteiger partial charge in [-0.2, -0.15) is 18.2 Å². The molecule has 0 fully saturated rings. The Labute approximate surface area is 180 Å². The molecule has 0 bridgehead atoms. The van der Waals surface area contributed by atoms with Gasteiger partial charge in [-0.1, -0.05) is 72.3 Å². The number of benzene rings is 3. The van der Waals surface area contributed by atoms with E-state index in [1.165, 1.54) is 10.8 Å². The van der Waals surface area contributed by atoms with Crippen molar-refractivity contribution in [3.05, 3.63) is 107 Å². The van der Waals surface area contributed by atoms with E-state index in [2.05, 4.69) is 5.10 Å². The van der Waals surface area contributed by atoms with Crippen LogP contribution in [0.25, 0.3) is 23.0 Å². The molecule has 0 radical (unpaired) electrons. The van der Waals surface area contributed by atoms with Crippen LogP contribution in [0.1, 0.15) is 5.56 Å². The van der Waals surface area contributed by atoms with Crippen molar-refractivity contribution in [1.82, 2.24) is 9.78 Å². The molecule has 7 heteroatoms. The van der Waals surface area contributed by atoms with Gasteiger partial charge in [-0.3, -0.25) is 0 Å². The molecule has 0 aliphatic heterocycles. The fraction of sp³-hybridized carbons (Fsp3) is 0. The summed E-state index contributed by atoms with van der Waals surface area (Å²) in [5, 5.41) is 6.14. The molecule has 0 atom stereocenters. The minimum atomic E-state index is -4.01. The molecule has 0 saturated carbocycles. The van der Waals surface area contributed by atoms with E-state index in [1.807, 2.05) is 48.5 Å². The van der Waals surface area contributed by atoms with Crippen molar-refractivity contribution in [2.45, 2.75) is 0 Å². The highest BCUT2D eigenvalue weighted by molar-refractivity contribution is 7.90.